The lowest BCUT2D eigenvalue weighted by molar-refractivity contribution is -0.135. The van der Waals surface area contributed by atoms with Crippen LogP contribution in [0.15, 0.2) is 30.3 Å². The van der Waals surface area contributed by atoms with E-state index in [0.717, 1.165) is 32.1 Å². The van der Waals surface area contributed by atoms with Gasteiger partial charge in [-0.25, -0.2) is 0 Å². The smallest absolute Gasteiger partial charge is 0.239 e. The van der Waals surface area contributed by atoms with Crippen molar-refractivity contribution in [3.05, 3.63) is 35.9 Å². The largest absolute Gasteiger partial charge is 0.352 e. The second kappa shape index (κ2) is 8.57. The zero-order chi connectivity index (χ0) is 15.8. The predicted octanol–water partition coefficient (Wildman–Crippen LogP) is 2.53. The summed E-state index contributed by atoms with van der Waals surface area (Å²) in [6.45, 7) is 2.93. The van der Waals surface area contributed by atoms with Gasteiger partial charge in [-0.15, -0.1) is 0 Å². The molecule has 1 fully saturated rings. The van der Waals surface area contributed by atoms with E-state index < -0.39 is 0 Å². The fourth-order valence-electron chi connectivity index (χ4n) is 2.80. The molecule has 0 spiro atoms. The summed E-state index contributed by atoms with van der Waals surface area (Å²) in [6, 6.07) is 10.4. The lowest BCUT2D eigenvalue weighted by Gasteiger charge is -2.21. The minimum Gasteiger partial charge on any atom is -0.352 e. The Bertz CT molecular complexity index is 487. The number of amides is 2. The molecule has 2 amide bonds. The number of aryl methyl sites for hydroxylation is 1. The van der Waals surface area contributed by atoms with Crippen LogP contribution in [0.25, 0.3) is 0 Å². The highest BCUT2D eigenvalue weighted by molar-refractivity contribution is 5.85. The summed E-state index contributed by atoms with van der Waals surface area (Å²) in [6.07, 6.45) is 5.47. The highest BCUT2D eigenvalue weighted by Gasteiger charge is 2.19. The average Bonchev–Trinajstić information content (AvgIpc) is 2.71. The number of benzene rings is 1. The van der Waals surface area contributed by atoms with Crippen molar-refractivity contribution in [2.75, 3.05) is 13.1 Å². The van der Waals surface area contributed by atoms with Crippen LogP contribution in [0, 0.1) is 0 Å². The number of hydrogen-bond acceptors (Lipinski definition) is 2. The van der Waals surface area contributed by atoms with Gasteiger partial charge in [-0.2, -0.15) is 0 Å². The van der Waals surface area contributed by atoms with Crippen molar-refractivity contribution in [2.24, 2.45) is 0 Å². The second-order valence-electron chi connectivity index (χ2n) is 6.12. The topological polar surface area (TPSA) is 49.4 Å². The summed E-state index contributed by atoms with van der Waals surface area (Å²) in [4.78, 5) is 25.7. The fourth-order valence-corrected chi connectivity index (χ4v) is 2.80. The monoisotopic (exact) mass is 302 g/mol. The van der Waals surface area contributed by atoms with E-state index in [2.05, 4.69) is 17.4 Å². The lowest BCUT2D eigenvalue weighted by Crippen LogP contribution is -2.43. The molecule has 1 N–H and O–H groups in total. The Kier molecular flexibility index (Phi) is 6.44. The summed E-state index contributed by atoms with van der Waals surface area (Å²) < 4.78 is 0. The zero-order valence-corrected chi connectivity index (χ0v) is 13.4. The van der Waals surface area contributed by atoms with Crippen molar-refractivity contribution in [2.45, 2.75) is 51.5 Å². The Hall–Kier alpha value is -1.84. The first kappa shape index (κ1) is 16.5. The fraction of sp³-hybridized carbons (Fsp3) is 0.556. The average molecular weight is 302 g/mol. The van der Waals surface area contributed by atoms with Crippen molar-refractivity contribution in [3.8, 4) is 0 Å². The van der Waals surface area contributed by atoms with Gasteiger partial charge >= 0.3 is 0 Å². The van der Waals surface area contributed by atoms with E-state index in [-0.39, 0.29) is 24.4 Å². The van der Waals surface area contributed by atoms with E-state index in [1.807, 2.05) is 25.1 Å². The molecule has 0 aromatic heterocycles. The molecule has 4 heteroatoms. The number of nitrogens with zero attached hydrogens (tertiary/aromatic N) is 1. The first-order chi connectivity index (χ1) is 10.6. The normalized spacial score (nSPS) is 17.0. The van der Waals surface area contributed by atoms with Gasteiger partial charge in [0.15, 0.2) is 0 Å². The maximum Gasteiger partial charge on any atom is 0.239 e. The molecule has 0 aliphatic carbocycles. The molecule has 1 aromatic rings. The van der Waals surface area contributed by atoms with Crippen LogP contribution in [0.2, 0.25) is 0 Å². The standard InChI is InChI=1S/C18H26N2O2/c1-15(11-12-16-8-4-2-5-9-16)19-17(21)14-20-13-7-3-6-10-18(20)22/h2,4-5,8-9,15H,3,6-7,10-14H2,1H3,(H,19,21)/t15-/m1/s1. The summed E-state index contributed by atoms with van der Waals surface area (Å²) in [5.74, 6) is 0.0698. The number of likely N-dealkylation sites (tertiary alicyclic amines) is 1. The third-order valence-corrected chi connectivity index (χ3v) is 4.12. The van der Waals surface area contributed by atoms with Crippen molar-refractivity contribution >= 4 is 11.8 Å². The molecule has 22 heavy (non-hydrogen) atoms. The van der Waals surface area contributed by atoms with Crippen molar-refractivity contribution in [1.82, 2.24) is 10.2 Å². The van der Waals surface area contributed by atoms with Gasteiger partial charge in [0.05, 0.1) is 6.54 Å². The van der Waals surface area contributed by atoms with E-state index in [1.54, 1.807) is 4.90 Å². The molecule has 1 atom stereocenters. The van der Waals surface area contributed by atoms with Crippen LogP contribution in [-0.2, 0) is 16.0 Å². The quantitative estimate of drug-likeness (QED) is 0.878. The summed E-state index contributed by atoms with van der Waals surface area (Å²) in [5, 5.41) is 3.01. The molecule has 0 bridgehead atoms. The Balaban J connectivity index is 1.72. The Morgan fingerprint density at radius 1 is 1.23 bits per heavy atom. The third kappa shape index (κ3) is 5.51. The van der Waals surface area contributed by atoms with Crippen molar-refractivity contribution in [1.29, 1.82) is 0 Å². The minimum absolute atomic E-state index is 0.0455. The summed E-state index contributed by atoms with van der Waals surface area (Å²) >= 11 is 0. The van der Waals surface area contributed by atoms with Gasteiger partial charge in [-0.3, -0.25) is 9.59 Å². The molecule has 1 aliphatic rings. The summed E-state index contributed by atoms with van der Waals surface area (Å²) in [5.41, 5.74) is 1.28. The molecule has 2 rings (SSSR count). The Labute approximate surface area is 132 Å². The van der Waals surface area contributed by atoms with Gasteiger partial charge in [-0.05, 0) is 38.2 Å². The van der Waals surface area contributed by atoms with E-state index in [4.69, 9.17) is 0 Å². The van der Waals surface area contributed by atoms with Gasteiger partial charge in [0.2, 0.25) is 11.8 Å². The molecule has 4 nitrogen and oxygen atoms in total. The Morgan fingerprint density at radius 2 is 2.00 bits per heavy atom. The molecular weight excluding hydrogens is 276 g/mol. The highest BCUT2D eigenvalue weighted by atomic mass is 16.2. The van der Waals surface area contributed by atoms with Gasteiger partial charge in [-0.1, -0.05) is 36.8 Å². The molecule has 1 aliphatic heterocycles. The lowest BCUT2D eigenvalue weighted by atomic mass is 10.1. The third-order valence-electron chi connectivity index (χ3n) is 4.12. The number of rotatable bonds is 6. The number of nitrogens with one attached hydrogen (secondary N) is 1. The van der Waals surface area contributed by atoms with E-state index in [9.17, 15) is 9.59 Å². The molecule has 0 radical (unpaired) electrons. The van der Waals surface area contributed by atoms with Crippen molar-refractivity contribution in [3.63, 3.8) is 0 Å². The van der Waals surface area contributed by atoms with Crippen LogP contribution < -0.4 is 5.32 Å². The number of carbonyl (C=O) groups excluding carboxylic acids is 2. The molecule has 1 heterocycles. The van der Waals surface area contributed by atoms with E-state index >= 15 is 0 Å². The van der Waals surface area contributed by atoms with E-state index in [1.165, 1.54) is 5.56 Å². The maximum atomic E-state index is 12.1. The molecule has 0 unspecified atom stereocenters. The van der Waals surface area contributed by atoms with Crippen LogP contribution >= 0.6 is 0 Å². The molecule has 120 valence electrons. The van der Waals surface area contributed by atoms with Crippen LogP contribution in [0.5, 0.6) is 0 Å². The molecular formula is C18H26N2O2. The first-order valence-corrected chi connectivity index (χ1v) is 8.26. The minimum atomic E-state index is -0.0455. The second-order valence-corrected chi connectivity index (χ2v) is 6.12. The first-order valence-electron chi connectivity index (χ1n) is 8.26. The van der Waals surface area contributed by atoms with Crippen LogP contribution in [0.4, 0.5) is 0 Å². The van der Waals surface area contributed by atoms with E-state index in [0.29, 0.717) is 13.0 Å². The SMILES string of the molecule is C[C@H](CCc1ccccc1)NC(=O)CN1CCCCCC1=O. The summed E-state index contributed by atoms with van der Waals surface area (Å²) in [7, 11) is 0. The maximum absolute atomic E-state index is 12.1. The number of carbonyl (C=O) groups is 2. The molecule has 1 saturated heterocycles. The number of hydrogen-bond donors (Lipinski definition) is 1. The van der Waals surface area contributed by atoms with Crippen LogP contribution in [0.3, 0.4) is 0 Å². The Morgan fingerprint density at radius 3 is 2.77 bits per heavy atom. The predicted molar refractivity (Wildman–Crippen MR) is 87.4 cm³/mol. The van der Waals surface area contributed by atoms with Crippen LogP contribution in [0.1, 0.15) is 44.6 Å². The van der Waals surface area contributed by atoms with Gasteiger partial charge in [0, 0.05) is 19.0 Å². The highest BCUT2D eigenvalue weighted by Crippen LogP contribution is 2.11. The zero-order valence-electron chi connectivity index (χ0n) is 13.4. The van der Waals surface area contributed by atoms with Gasteiger partial charge < -0.3 is 10.2 Å². The molecule has 0 saturated carbocycles. The van der Waals surface area contributed by atoms with Crippen molar-refractivity contribution < 1.29 is 9.59 Å². The van der Waals surface area contributed by atoms with Gasteiger partial charge in [0.25, 0.3) is 0 Å². The van der Waals surface area contributed by atoms with Crippen LogP contribution in [-0.4, -0.2) is 35.8 Å². The van der Waals surface area contributed by atoms with Gasteiger partial charge in [0.1, 0.15) is 0 Å². The molecule has 1 aromatic carbocycles.